The van der Waals surface area contributed by atoms with Crippen LogP contribution in [-0.4, -0.2) is 36.9 Å². The fourth-order valence-corrected chi connectivity index (χ4v) is 2.94. The van der Waals surface area contributed by atoms with Crippen LogP contribution in [0.1, 0.15) is 50.7 Å². The third-order valence-corrected chi connectivity index (χ3v) is 4.46. The molecule has 0 atom stereocenters. The van der Waals surface area contributed by atoms with Gasteiger partial charge in [-0.25, -0.2) is 9.97 Å². The van der Waals surface area contributed by atoms with E-state index in [1.54, 1.807) is 11.1 Å². The van der Waals surface area contributed by atoms with Crippen molar-refractivity contribution in [2.24, 2.45) is 0 Å². The number of amides is 2. The third kappa shape index (κ3) is 4.16. The van der Waals surface area contributed by atoms with E-state index in [1.165, 1.54) is 16.8 Å². The van der Waals surface area contributed by atoms with Crippen LogP contribution in [0, 0.1) is 0 Å². The van der Waals surface area contributed by atoms with Gasteiger partial charge >= 0.3 is 0 Å². The first-order chi connectivity index (χ1) is 11.8. The number of aromatic nitrogens is 4. The minimum absolute atomic E-state index is 0.0669. The predicted molar refractivity (Wildman–Crippen MR) is 92.8 cm³/mol. The van der Waals surface area contributed by atoms with Gasteiger partial charge in [0.2, 0.25) is 16.9 Å². The summed E-state index contributed by atoms with van der Waals surface area (Å²) in [7, 11) is 0. The Bertz CT molecular complexity index is 784. The van der Waals surface area contributed by atoms with Gasteiger partial charge in [-0.15, -0.1) is 10.2 Å². The van der Waals surface area contributed by atoms with E-state index < -0.39 is 0 Å². The van der Waals surface area contributed by atoms with Crippen molar-refractivity contribution in [3.05, 3.63) is 28.8 Å². The molecule has 2 amide bonds. The summed E-state index contributed by atoms with van der Waals surface area (Å²) in [5.74, 6) is 0.469. The van der Waals surface area contributed by atoms with Crippen LogP contribution in [0.15, 0.2) is 11.7 Å². The van der Waals surface area contributed by atoms with Gasteiger partial charge < -0.3 is 10.2 Å². The van der Waals surface area contributed by atoms with Crippen LogP contribution in [0.3, 0.4) is 0 Å². The quantitative estimate of drug-likeness (QED) is 0.893. The van der Waals surface area contributed by atoms with Gasteiger partial charge in [-0.2, -0.15) is 0 Å². The largest absolute Gasteiger partial charge is 0.332 e. The van der Waals surface area contributed by atoms with Crippen LogP contribution in [0.25, 0.3) is 0 Å². The van der Waals surface area contributed by atoms with Crippen molar-refractivity contribution in [2.45, 2.75) is 52.1 Å². The van der Waals surface area contributed by atoms with E-state index in [1.807, 2.05) is 0 Å². The van der Waals surface area contributed by atoms with Crippen LogP contribution in [0.4, 0.5) is 5.13 Å². The lowest BCUT2D eigenvalue weighted by molar-refractivity contribution is -0.133. The molecule has 1 aliphatic rings. The SMILES string of the molecule is CC(C)(C)c1ncc2c(n1)CN(C(=O)CCC(=O)Nc1nncs1)C2. The van der Waals surface area contributed by atoms with Gasteiger partial charge in [0.25, 0.3) is 0 Å². The van der Waals surface area contributed by atoms with E-state index in [-0.39, 0.29) is 30.1 Å². The number of nitrogens with one attached hydrogen (secondary N) is 1. The molecule has 132 valence electrons. The highest BCUT2D eigenvalue weighted by molar-refractivity contribution is 7.13. The Morgan fingerprint density at radius 2 is 2.08 bits per heavy atom. The average molecular weight is 360 g/mol. The highest BCUT2D eigenvalue weighted by atomic mass is 32.1. The molecule has 0 aliphatic carbocycles. The van der Waals surface area contributed by atoms with Crippen molar-refractivity contribution in [2.75, 3.05) is 5.32 Å². The van der Waals surface area contributed by atoms with Crippen molar-refractivity contribution in [1.29, 1.82) is 0 Å². The zero-order chi connectivity index (χ0) is 18.0. The van der Waals surface area contributed by atoms with Gasteiger partial charge in [0.15, 0.2) is 0 Å². The Labute approximate surface area is 149 Å². The lowest BCUT2D eigenvalue weighted by Crippen LogP contribution is -2.26. The summed E-state index contributed by atoms with van der Waals surface area (Å²) >= 11 is 1.24. The van der Waals surface area contributed by atoms with Gasteiger partial charge in [-0.1, -0.05) is 32.1 Å². The summed E-state index contributed by atoms with van der Waals surface area (Å²) in [4.78, 5) is 34.9. The van der Waals surface area contributed by atoms with Crippen LogP contribution >= 0.6 is 11.3 Å². The molecule has 0 fully saturated rings. The second kappa shape index (κ2) is 6.83. The maximum absolute atomic E-state index is 12.4. The second-order valence-electron chi connectivity index (χ2n) is 6.96. The Hall–Kier alpha value is -2.42. The number of anilines is 1. The van der Waals surface area contributed by atoms with Gasteiger partial charge in [0.05, 0.1) is 12.2 Å². The number of rotatable bonds is 4. The summed E-state index contributed by atoms with van der Waals surface area (Å²) in [6.07, 6.45) is 2.07. The highest BCUT2D eigenvalue weighted by Crippen LogP contribution is 2.25. The molecule has 0 radical (unpaired) electrons. The summed E-state index contributed by atoms with van der Waals surface area (Å²) in [5.41, 5.74) is 3.27. The molecule has 25 heavy (non-hydrogen) atoms. The first-order valence-electron chi connectivity index (χ1n) is 8.02. The fraction of sp³-hybridized carbons (Fsp3) is 0.500. The van der Waals surface area contributed by atoms with E-state index in [9.17, 15) is 9.59 Å². The molecule has 3 heterocycles. The normalized spacial score (nSPS) is 13.6. The van der Waals surface area contributed by atoms with E-state index in [2.05, 4.69) is 46.3 Å². The minimum atomic E-state index is -0.239. The van der Waals surface area contributed by atoms with Crippen LogP contribution in [0.5, 0.6) is 0 Å². The maximum Gasteiger partial charge on any atom is 0.226 e. The number of hydrogen-bond acceptors (Lipinski definition) is 7. The molecule has 0 saturated carbocycles. The van der Waals surface area contributed by atoms with Crippen LogP contribution < -0.4 is 5.32 Å². The third-order valence-electron chi connectivity index (χ3n) is 3.85. The molecular weight excluding hydrogens is 340 g/mol. The molecule has 1 N–H and O–H groups in total. The molecule has 0 bridgehead atoms. The van der Waals surface area contributed by atoms with E-state index in [0.29, 0.717) is 18.2 Å². The highest BCUT2D eigenvalue weighted by Gasteiger charge is 2.27. The Balaban J connectivity index is 1.54. The molecule has 0 unspecified atom stereocenters. The predicted octanol–water partition coefficient (Wildman–Crippen LogP) is 1.89. The number of fused-ring (bicyclic) bond motifs is 1. The van der Waals surface area contributed by atoms with Gasteiger partial charge in [-0.05, 0) is 0 Å². The van der Waals surface area contributed by atoms with Gasteiger partial charge in [0, 0.05) is 36.6 Å². The number of carbonyl (C=O) groups is 2. The van der Waals surface area contributed by atoms with Crippen molar-refractivity contribution in [1.82, 2.24) is 25.1 Å². The molecular formula is C16H20N6O2S. The summed E-state index contributed by atoms with van der Waals surface area (Å²) in [5, 5.41) is 10.5. The molecule has 3 rings (SSSR count). The molecule has 2 aromatic heterocycles. The van der Waals surface area contributed by atoms with E-state index in [0.717, 1.165) is 17.1 Å². The first kappa shape index (κ1) is 17.4. The monoisotopic (exact) mass is 360 g/mol. The Morgan fingerprint density at radius 3 is 2.76 bits per heavy atom. The average Bonchev–Trinajstić information content (AvgIpc) is 3.19. The summed E-state index contributed by atoms with van der Waals surface area (Å²) in [6.45, 7) is 7.14. The number of hydrogen-bond donors (Lipinski definition) is 1. The topological polar surface area (TPSA) is 101 Å². The molecule has 0 spiro atoms. The van der Waals surface area contributed by atoms with Crippen molar-refractivity contribution in [3.8, 4) is 0 Å². The number of nitrogens with zero attached hydrogens (tertiary/aromatic N) is 5. The van der Waals surface area contributed by atoms with E-state index >= 15 is 0 Å². The van der Waals surface area contributed by atoms with Gasteiger partial charge in [0.1, 0.15) is 11.3 Å². The second-order valence-corrected chi connectivity index (χ2v) is 7.79. The molecule has 0 saturated heterocycles. The Kier molecular flexibility index (Phi) is 4.76. The standard InChI is InChI=1S/C16H20N6O2S/c1-16(2,3)14-17-6-10-7-22(8-11(10)19-14)13(24)5-4-12(23)20-15-21-18-9-25-15/h6,9H,4-5,7-8H2,1-3H3,(H,20,21,23). The van der Waals surface area contributed by atoms with E-state index in [4.69, 9.17) is 0 Å². The fourth-order valence-electron chi connectivity index (χ4n) is 2.48. The summed E-state index contributed by atoms with van der Waals surface area (Å²) in [6, 6.07) is 0. The molecule has 1 aliphatic heterocycles. The molecule has 2 aromatic rings. The first-order valence-corrected chi connectivity index (χ1v) is 8.90. The lowest BCUT2D eigenvalue weighted by Gasteiger charge is -2.16. The van der Waals surface area contributed by atoms with Crippen LogP contribution in [0.2, 0.25) is 0 Å². The maximum atomic E-state index is 12.4. The van der Waals surface area contributed by atoms with Crippen LogP contribution in [-0.2, 0) is 28.1 Å². The zero-order valence-corrected chi connectivity index (χ0v) is 15.3. The van der Waals surface area contributed by atoms with Gasteiger partial charge in [-0.3, -0.25) is 9.59 Å². The van der Waals surface area contributed by atoms with Crippen molar-refractivity contribution < 1.29 is 9.59 Å². The Morgan fingerprint density at radius 1 is 1.28 bits per heavy atom. The molecule has 9 heteroatoms. The van der Waals surface area contributed by atoms with Crippen molar-refractivity contribution >= 4 is 28.3 Å². The van der Waals surface area contributed by atoms with Crippen molar-refractivity contribution in [3.63, 3.8) is 0 Å². The summed E-state index contributed by atoms with van der Waals surface area (Å²) < 4.78 is 0. The zero-order valence-electron chi connectivity index (χ0n) is 14.4. The smallest absolute Gasteiger partial charge is 0.226 e. The molecule has 0 aromatic carbocycles. The number of carbonyl (C=O) groups excluding carboxylic acids is 2. The minimum Gasteiger partial charge on any atom is -0.332 e. The molecule has 8 nitrogen and oxygen atoms in total. The lowest BCUT2D eigenvalue weighted by atomic mass is 9.95.